The molecule has 1 rings (SSSR count). The predicted molar refractivity (Wildman–Crippen MR) is 62.8 cm³/mol. The molecular weight excluding hydrogens is 295 g/mol. The maximum absolute atomic E-state index is 11.0. The van der Waals surface area contributed by atoms with Crippen molar-refractivity contribution in [2.24, 2.45) is 0 Å². The van der Waals surface area contributed by atoms with Crippen LogP contribution in [0.15, 0.2) is 24.3 Å². The van der Waals surface area contributed by atoms with Gasteiger partial charge < -0.3 is 5.32 Å². The third kappa shape index (κ3) is 3.93. The van der Waals surface area contributed by atoms with Crippen LogP contribution in [-0.2, 0) is 9.63 Å². The van der Waals surface area contributed by atoms with Crippen LogP contribution in [0.2, 0.25) is 0 Å². The second kappa shape index (κ2) is 5.82. The van der Waals surface area contributed by atoms with E-state index in [0.29, 0.717) is 0 Å². The molecule has 0 bridgehead atoms. The van der Waals surface area contributed by atoms with Crippen LogP contribution in [0, 0.1) is 3.57 Å². The van der Waals surface area contributed by atoms with E-state index in [1.165, 1.54) is 7.11 Å². The first-order valence-electron chi connectivity index (χ1n) is 4.03. The Hall–Kier alpha value is -0.820. The van der Waals surface area contributed by atoms with E-state index in [1.807, 2.05) is 24.3 Å². The molecule has 5 heteroatoms. The Kier molecular flexibility index (Phi) is 4.68. The molecule has 0 aliphatic heterocycles. The molecule has 0 atom stereocenters. The summed E-state index contributed by atoms with van der Waals surface area (Å²) in [6.45, 7) is 0.203. The molecule has 0 radical (unpaired) electrons. The number of rotatable bonds is 4. The number of anilines is 1. The number of hydrogen-bond donors (Lipinski definition) is 2. The standard InChI is InChI=1S/C9H11IN2O2/c1-14-12-9(13)6-11-8-4-2-7(10)3-5-8/h2-5,11H,6H2,1H3,(H,12,13). The summed E-state index contributed by atoms with van der Waals surface area (Å²) in [5.74, 6) is -0.203. The van der Waals surface area contributed by atoms with E-state index in [9.17, 15) is 4.79 Å². The second-order valence-corrected chi connectivity index (χ2v) is 3.84. The van der Waals surface area contributed by atoms with Gasteiger partial charge in [-0.05, 0) is 46.9 Å². The van der Waals surface area contributed by atoms with Gasteiger partial charge in [-0.3, -0.25) is 9.63 Å². The number of nitrogens with one attached hydrogen (secondary N) is 2. The normalized spacial score (nSPS) is 9.57. The first-order valence-corrected chi connectivity index (χ1v) is 5.11. The molecule has 4 nitrogen and oxygen atoms in total. The lowest BCUT2D eigenvalue weighted by atomic mass is 10.3. The zero-order valence-electron chi connectivity index (χ0n) is 7.71. The Morgan fingerprint density at radius 2 is 2.07 bits per heavy atom. The minimum absolute atomic E-state index is 0.203. The highest BCUT2D eigenvalue weighted by Gasteiger charge is 1.98. The van der Waals surface area contributed by atoms with Crippen LogP contribution < -0.4 is 10.8 Å². The molecular formula is C9H11IN2O2. The van der Waals surface area contributed by atoms with Crippen molar-refractivity contribution in [3.63, 3.8) is 0 Å². The summed E-state index contributed by atoms with van der Waals surface area (Å²) in [5.41, 5.74) is 3.14. The Bertz CT molecular complexity index is 300. The quantitative estimate of drug-likeness (QED) is 0.653. The predicted octanol–water partition coefficient (Wildman–Crippen LogP) is 1.38. The highest BCUT2D eigenvalue weighted by Crippen LogP contribution is 2.10. The van der Waals surface area contributed by atoms with Crippen molar-refractivity contribution >= 4 is 34.2 Å². The third-order valence-electron chi connectivity index (χ3n) is 1.51. The van der Waals surface area contributed by atoms with E-state index in [-0.39, 0.29) is 12.5 Å². The maximum atomic E-state index is 11.0. The molecule has 2 N–H and O–H groups in total. The molecule has 0 aromatic heterocycles. The average Bonchev–Trinajstić information content (AvgIpc) is 2.17. The Morgan fingerprint density at radius 1 is 1.43 bits per heavy atom. The number of carbonyl (C=O) groups is 1. The Balaban J connectivity index is 2.38. The van der Waals surface area contributed by atoms with Crippen molar-refractivity contribution in [1.29, 1.82) is 0 Å². The van der Waals surface area contributed by atoms with Crippen LogP contribution in [0.5, 0.6) is 0 Å². The van der Waals surface area contributed by atoms with Crippen LogP contribution in [0.4, 0.5) is 5.69 Å². The Labute approximate surface area is 96.1 Å². The van der Waals surface area contributed by atoms with Crippen molar-refractivity contribution in [3.8, 4) is 0 Å². The number of carbonyl (C=O) groups excluding carboxylic acids is 1. The monoisotopic (exact) mass is 306 g/mol. The molecule has 76 valence electrons. The summed E-state index contributed by atoms with van der Waals surface area (Å²) in [6.07, 6.45) is 0. The average molecular weight is 306 g/mol. The van der Waals surface area contributed by atoms with E-state index in [1.54, 1.807) is 0 Å². The minimum Gasteiger partial charge on any atom is -0.376 e. The van der Waals surface area contributed by atoms with Crippen molar-refractivity contribution in [1.82, 2.24) is 5.48 Å². The van der Waals surface area contributed by atoms with Crippen molar-refractivity contribution in [3.05, 3.63) is 27.8 Å². The van der Waals surface area contributed by atoms with Gasteiger partial charge >= 0.3 is 0 Å². The summed E-state index contributed by atoms with van der Waals surface area (Å²) in [7, 11) is 1.41. The number of halogens is 1. The van der Waals surface area contributed by atoms with E-state index >= 15 is 0 Å². The molecule has 1 aromatic rings. The lowest BCUT2D eigenvalue weighted by Crippen LogP contribution is -2.28. The topological polar surface area (TPSA) is 50.4 Å². The highest BCUT2D eigenvalue weighted by atomic mass is 127. The van der Waals surface area contributed by atoms with Gasteiger partial charge in [0.15, 0.2) is 0 Å². The highest BCUT2D eigenvalue weighted by molar-refractivity contribution is 14.1. The molecule has 0 saturated carbocycles. The van der Waals surface area contributed by atoms with Crippen LogP contribution in [0.1, 0.15) is 0 Å². The zero-order chi connectivity index (χ0) is 10.4. The van der Waals surface area contributed by atoms with E-state index in [2.05, 4.69) is 38.2 Å². The van der Waals surface area contributed by atoms with Gasteiger partial charge in [-0.1, -0.05) is 0 Å². The van der Waals surface area contributed by atoms with Gasteiger partial charge in [0.2, 0.25) is 0 Å². The van der Waals surface area contributed by atoms with Crippen molar-refractivity contribution in [2.75, 3.05) is 19.0 Å². The van der Waals surface area contributed by atoms with Gasteiger partial charge in [0.1, 0.15) is 0 Å². The lowest BCUT2D eigenvalue weighted by molar-refractivity contribution is -0.129. The van der Waals surface area contributed by atoms with Gasteiger partial charge in [-0.15, -0.1) is 0 Å². The molecule has 1 amide bonds. The number of amides is 1. The molecule has 0 heterocycles. The maximum Gasteiger partial charge on any atom is 0.262 e. The van der Waals surface area contributed by atoms with Crippen LogP contribution >= 0.6 is 22.6 Å². The summed E-state index contributed by atoms with van der Waals surface area (Å²) in [5, 5.41) is 2.96. The SMILES string of the molecule is CONC(=O)CNc1ccc(I)cc1. The van der Waals surface area contributed by atoms with Crippen molar-refractivity contribution < 1.29 is 9.63 Å². The van der Waals surface area contributed by atoms with Gasteiger partial charge in [0.05, 0.1) is 13.7 Å². The molecule has 0 unspecified atom stereocenters. The van der Waals surface area contributed by atoms with E-state index in [4.69, 9.17) is 0 Å². The van der Waals surface area contributed by atoms with Crippen LogP contribution in [0.3, 0.4) is 0 Å². The number of benzene rings is 1. The Morgan fingerprint density at radius 3 is 2.64 bits per heavy atom. The van der Waals surface area contributed by atoms with E-state index < -0.39 is 0 Å². The second-order valence-electron chi connectivity index (χ2n) is 2.59. The minimum atomic E-state index is -0.203. The number of hydroxylamine groups is 1. The molecule has 0 saturated heterocycles. The molecule has 0 fully saturated rings. The molecule has 0 aliphatic rings. The zero-order valence-corrected chi connectivity index (χ0v) is 9.87. The number of hydrogen-bond acceptors (Lipinski definition) is 3. The smallest absolute Gasteiger partial charge is 0.262 e. The summed E-state index contributed by atoms with van der Waals surface area (Å²) in [4.78, 5) is 15.5. The third-order valence-corrected chi connectivity index (χ3v) is 2.23. The fourth-order valence-electron chi connectivity index (χ4n) is 0.900. The van der Waals surface area contributed by atoms with Crippen LogP contribution in [0.25, 0.3) is 0 Å². The van der Waals surface area contributed by atoms with E-state index in [0.717, 1.165) is 9.26 Å². The fraction of sp³-hybridized carbons (Fsp3) is 0.222. The summed E-state index contributed by atoms with van der Waals surface area (Å²) < 4.78 is 1.16. The largest absolute Gasteiger partial charge is 0.376 e. The lowest BCUT2D eigenvalue weighted by Gasteiger charge is -2.05. The first kappa shape index (κ1) is 11.3. The van der Waals surface area contributed by atoms with Gasteiger partial charge in [-0.2, -0.15) is 0 Å². The summed E-state index contributed by atoms with van der Waals surface area (Å²) in [6, 6.07) is 7.78. The van der Waals surface area contributed by atoms with Gasteiger partial charge in [0, 0.05) is 9.26 Å². The molecule has 0 aliphatic carbocycles. The molecule has 1 aromatic carbocycles. The van der Waals surface area contributed by atoms with Crippen molar-refractivity contribution in [2.45, 2.75) is 0 Å². The first-order chi connectivity index (χ1) is 6.72. The summed E-state index contributed by atoms with van der Waals surface area (Å²) >= 11 is 2.22. The molecule has 14 heavy (non-hydrogen) atoms. The molecule has 0 spiro atoms. The fourth-order valence-corrected chi connectivity index (χ4v) is 1.26. The van der Waals surface area contributed by atoms with Crippen LogP contribution in [-0.4, -0.2) is 19.6 Å². The van der Waals surface area contributed by atoms with Gasteiger partial charge in [0.25, 0.3) is 5.91 Å². The van der Waals surface area contributed by atoms with Gasteiger partial charge in [-0.25, -0.2) is 5.48 Å².